The summed E-state index contributed by atoms with van der Waals surface area (Å²) in [7, 11) is -1.66. The van der Waals surface area contributed by atoms with E-state index in [2.05, 4.69) is 38.8 Å². The maximum Gasteiger partial charge on any atom is 0.213 e. The van der Waals surface area contributed by atoms with Gasteiger partial charge in [-0.3, -0.25) is 0 Å². The van der Waals surface area contributed by atoms with Gasteiger partial charge in [0.05, 0.1) is 0 Å². The van der Waals surface area contributed by atoms with Gasteiger partial charge in [0, 0.05) is 24.8 Å². The zero-order chi connectivity index (χ0) is 14.8. The molecule has 0 bridgehead atoms. The van der Waals surface area contributed by atoms with Gasteiger partial charge in [-0.05, 0) is 37.0 Å². The van der Waals surface area contributed by atoms with Gasteiger partial charge in [0.2, 0.25) is 5.88 Å². The highest BCUT2D eigenvalue weighted by atomic mass is 28.4. The average Bonchev–Trinajstić information content (AvgIpc) is 2.75. The lowest BCUT2D eigenvalue weighted by Crippen LogP contribution is -2.43. The summed E-state index contributed by atoms with van der Waals surface area (Å²) in [6.07, 6.45) is 5.53. The van der Waals surface area contributed by atoms with Crippen LogP contribution in [0.2, 0.25) is 18.1 Å². The molecule has 3 nitrogen and oxygen atoms in total. The molecule has 1 aromatic heterocycles. The van der Waals surface area contributed by atoms with E-state index in [1.165, 1.54) is 0 Å². The molecule has 0 amide bonds. The fourth-order valence-electron chi connectivity index (χ4n) is 2.30. The second-order valence-electron chi connectivity index (χ2n) is 7.22. The summed E-state index contributed by atoms with van der Waals surface area (Å²) in [6, 6.07) is 5.79. The van der Waals surface area contributed by atoms with Crippen molar-refractivity contribution in [2.45, 2.75) is 70.4 Å². The van der Waals surface area contributed by atoms with Crippen molar-refractivity contribution in [2.24, 2.45) is 0 Å². The molecule has 112 valence electrons. The Morgan fingerprint density at radius 2 is 1.85 bits per heavy atom. The Balaban J connectivity index is 1.87. The minimum atomic E-state index is -1.66. The van der Waals surface area contributed by atoms with E-state index >= 15 is 0 Å². The predicted octanol–water partition coefficient (Wildman–Crippen LogP) is 4.40. The molecule has 0 saturated heterocycles. The van der Waals surface area contributed by atoms with Crippen LogP contribution in [0.15, 0.2) is 24.4 Å². The molecule has 1 aromatic rings. The Morgan fingerprint density at radius 3 is 2.45 bits per heavy atom. The van der Waals surface area contributed by atoms with Crippen molar-refractivity contribution in [3.8, 4) is 5.88 Å². The molecule has 0 aromatic carbocycles. The summed E-state index contributed by atoms with van der Waals surface area (Å²) in [5.74, 6) is 0.727. The highest BCUT2D eigenvalue weighted by Gasteiger charge is 2.41. The van der Waals surface area contributed by atoms with E-state index in [1.807, 2.05) is 18.2 Å². The van der Waals surface area contributed by atoms with Gasteiger partial charge < -0.3 is 9.16 Å². The second kappa shape index (κ2) is 5.86. The lowest BCUT2D eigenvalue weighted by molar-refractivity contribution is 0.151. The number of pyridine rings is 1. The first-order valence-electron chi connectivity index (χ1n) is 7.53. The zero-order valence-corrected chi connectivity index (χ0v) is 14.3. The van der Waals surface area contributed by atoms with Gasteiger partial charge in [0.1, 0.15) is 6.10 Å². The topological polar surface area (TPSA) is 31.4 Å². The van der Waals surface area contributed by atoms with Crippen LogP contribution in [-0.2, 0) is 4.43 Å². The molecule has 2 rings (SSSR count). The van der Waals surface area contributed by atoms with Crippen LogP contribution in [0, 0.1) is 0 Å². The summed E-state index contributed by atoms with van der Waals surface area (Å²) < 4.78 is 12.4. The molecule has 1 aliphatic rings. The van der Waals surface area contributed by atoms with E-state index in [1.54, 1.807) is 6.20 Å². The lowest BCUT2D eigenvalue weighted by atomic mass is 10.2. The molecule has 0 N–H and O–H groups in total. The van der Waals surface area contributed by atoms with Crippen LogP contribution in [0.3, 0.4) is 0 Å². The summed E-state index contributed by atoms with van der Waals surface area (Å²) in [4.78, 5) is 4.23. The summed E-state index contributed by atoms with van der Waals surface area (Å²) in [6.45, 7) is 11.5. The van der Waals surface area contributed by atoms with Gasteiger partial charge >= 0.3 is 0 Å². The lowest BCUT2D eigenvalue weighted by Gasteiger charge is -2.38. The van der Waals surface area contributed by atoms with Gasteiger partial charge in [-0.25, -0.2) is 4.98 Å². The number of hydrogen-bond donors (Lipinski definition) is 0. The van der Waals surface area contributed by atoms with Crippen LogP contribution in [0.5, 0.6) is 5.88 Å². The first-order valence-corrected chi connectivity index (χ1v) is 10.4. The monoisotopic (exact) mass is 293 g/mol. The molecule has 1 heterocycles. The van der Waals surface area contributed by atoms with E-state index in [4.69, 9.17) is 9.16 Å². The van der Waals surface area contributed by atoms with Gasteiger partial charge in [-0.15, -0.1) is 0 Å². The Morgan fingerprint density at radius 1 is 1.15 bits per heavy atom. The standard InChI is InChI=1S/C16H27NO2Si/c1-16(2,3)20(4,5)19-14-10-9-13(12-14)18-15-8-6-7-11-17-15/h6-8,11,13-14H,9-10,12H2,1-5H3. The van der Waals surface area contributed by atoms with Gasteiger partial charge in [-0.2, -0.15) is 0 Å². The van der Waals surface area contributed by atoms with Crippen LogP contribution >= 0.6 is 0 Å². The Hall–Kier alpha value is -0.873. The summed E-state index contributed by atoms with van der Waals surface area (Å²) in [5, 5.41) is 0.271. The van der Waals surface area contributed by atoms with E-state index < -0.39 is 8.32 Å². The van der Waals surface area contributed by atoms with E-state index in [0.29, 0.717) is 6.10 Å². The maximum absolute atomic E-state index is 6.47. The zero-order valence-electron chi connectivity index (χ0n) is 13.3. The molecule has 1 fully saturated rings. The van der Waals surface area contributed by atoms with E-state index in [0.717, 1.165) is 25.1 Å². The number of hydrogen-bond acceptors (Lipinski definition) is 3. The van der Waals surface area contributed by atoms with Crippen LogP contribution in [0.25, 0.3) is 0 Å². The minimum absolute atomic E-state index is 0.250. The van der Waals surface area contributed by atoms with Gasteiger partial charge in [0.25, 0.3) is 0 Å². The fourth-order valence-corrected chi connectivity index (χ4v) is 3.70. The first-order chi connectivity index (χ1) is 9.28. The van der Waals surface area contributed by atoms with Gasteiger partial charge in [0.15, 0.2) is 8.32 Å². The largest absolute Gasteiger partial charge is 0.474 e. The van der Waals surface area contributed by atoms with E-state index in [-0.39, 0.29) is 11.1 Å². The van der Waals surface area contributed by atoms with Crippen LogP contribution in [0.1, 0.15) is 40.0 Å². The van der Waals surface area contributed by atoms with Crippen molar-refractivity contribution in [1.29, 1.82) is 0 Å². The van der Waals surface area contributed by atoms with Crippen molar-refractivity contribution in [2.75, 3.05) is 0 Å². The molecule has 20 heavy (non-hydrogen) atoms. The fraction of sp³-hybridized carbons (Fsp3) is 0.688. The molecule has 1 aliphatic carbocycles. The summed E-state index contributed by atoms with van der Waals surface area (Å²) in [5.41, 5.74) is 0. The number of ether oxygens (including phenoxy) is 1. The molecule has 0 radical (unpaired) electrons. The molecule has 1 saturated carbocycles. The van der Waals surface area contributed by atoms with Crippen LogP contribution in [-0.4, -0.2) is 25.5 Å². The third kappa shape index (κ3) is 3.82. The molecule has 0 aliphatic heterocycles. The van der Waals surface area contributed by atoms with Crippen molar-refractivity contribution < 1.29 is 9.16 Å². The third-order valence-corrected chi connectivity index (χ3v) is 9.06. The number of aromatic nitrogens is 1. The highest BCUT2D eigenvalue weighted by Crippen LogP contribution is 2.39. The molecule has 4 heteroatoms. The highest BCUT2D eigenvalue weighted by molar-refractivity contribution is 6.74. The quantitative estimate of drug-likeness (QED) is 0.771. The average molecular weight is 293 g/mol. The Kier molecular flexibility index (Phi) is 4.54. The predicted molar refractivity (Wildman–Crippen MR) is 84.6 cm³/mol. The first kappa shape index (κ1) is 15.5. The van der Waals surface area contributed by atoms with Crippen LogP contribution in [0.4, 0.5) is 0 Å². The Labute approximate surface area is 123 Å². The second-order valence-corrected chi connectivity index (χ2v) is 12.0. The molecular formula is C16H27NO2Si. The minimum Gasteiger partial charge on any atom is -0.474 e. The SMILES string of the molecule is CC(C)(C)[Si](C)(C)OC1CCC(Oc2ccccn2)C1. The number of rotatable bonds is 4. The number of nitrogens with zero attached hydrogens (tertiary/aromatic N) is 1. The summed E-state index contributed by atoms with van der Waals surface area (Å²) >= 11 is 0. The van der Waals surface area contributed by atoms with Crippen LogP contribution < -0.4 is 4.74 Å². The molecular weight excluding hydrogens is 266 g/mol. The van der Waals surface area contributed by atoms with Crippen molar-refractivity contribution in [3.05, 3.63) is 24.4 Å². The van der Waals surface area contributed by atoms with Crippen molar-refractivity contribution in [1.82, 2.24) is 4.98 Å². The molecule has 0 spiro atoms. The van der Waals surface area contributed by atoms with Gasteiger partial charge in [-0.1, -0.05) is 26.8 Å². The Bertz CT molecular complexity index is 428. The van der Waals surface area contributed by atoms with Crippen molar-refractivity contribution in [3.63, 3.8) is 0 Å². The third-order valence-electron chi connectivity index (χ3n) is 4.53. The molecule has 2 unspecified atom stereocenters. The van der Waals surface area contributed by atoms with Crippen molar-refractivity contribution >= 4 is 8.32 Å². The van der Waals surface area contributed by atoms with E-state index in [9.17, 15) is 0 Å². The smallest absolute Gasteiger partial charge is 0.213 e. The maximum atomic E-state index is 6.47. The molecule has 2 atom stereocenters. The normalized spacial score (nSPS) is 23.9.